The minimum Gasteiger partial charge on any atom is -0.251 e. The van der Waals surface area contributed by atoms with Crippen LogP contribution in [0.15, 0.2) is 71.6 Å². The summed E-state index contributed by atoms with van der Waals surface area (Å²) in [6.45, 7) is 4.00. The molecule has 3 aromatic carbocycles. The summed E-state index contributed by atoms with van der Waals surface area (Å²) in [7, 11) is -3.46. The second-order valence-corrected chi connectivity index (χ2v) is 8.63. The van der Waals surface area contributed by atoms with E-state index in [1.807, 2.05) is 55.5 Å². The first kappa shape index (κ1) is 16.7. The van der Waals surface area contributed by atoms with Gasteiger partial charge in [-0.3, -0.25) is 4.98 Å². The molecule has 0 saturated carbocycles. The number of aromatic nitrogens is 1. The van der Waals surface area contributed by atoms with Gasteiger partial charge in [-0.25, -0.2) is 8.42 Å². The van der Waals surface area contributed by atoms with Crippen molar-refractivity contribution in [3.63, 3.8) is 0 Å². The lowest BCUT2D eigenvalue weighted by atomic mass is 10.0. The molecule has 4 heteroatoms. The largest absolute Gasteiger partial charge is 0.251 e. The molecule has 1 aromatic heterocycles. The number of nitrogens with zero attached hydrogens (tertiary/aromatic N) is 1. The van der Waals surface area contributed by atoms with Crippen LogP contribution in [0.3, 0.4) is 0 Å². The lowest BCUT2D eigenvalue weighted by molar-refractivity contribution is 0.595. The van der Waals surface area contributed by atoms with Crippen molar-refractivity contribution in [3.05, 3.63) is 83.6 Å². The summed E-state index contributed by atoms with van der Waals surface area (Å²) in [4.78, 5) is 5.05. The molecule has 0 N–H and O–H groups in total. The summed E-state index contributed by atoms with van der Waals surface area (Å²) >= 11 is 0. The average Bonchev–Trinajstić information content (AvgIpc) is 2.62. The molecule has 26 heavy (non-hydrogen) atoms. The highest BCUT2D eigenvalue weighted by atomic mass is 32.2. The maximum Gasteiger partial charge on any atom is 0.184 e. The molecule has 4 rings (SSSR count). The van der Waals surface area contributed by atoms with Gasteiger partial charge in [-0.15, -0.1) is 0 Å². The van der Waals surface area contributed by atoms with Crippen molar-refractivity contribution in [2.24, 2.45) is 0 Å². The van der Waals surface area contributed by atoms with Gasteiger partial charge in [0.05, 0.1) is 21.9 Å². The first-order valence-electron chi connectivity index (χ1n) is 8.52. The maximum absolute atomic E-state index is 12.9. The van der Waals surface area contributed by atoms with Crippen molar-refractivity contribution >= 4 is 31.5 Å². The Morgan fingerprint density at radius 1 is 0.808 bits per heavy atom. The minimum absolute atomic E-state index is 0.111. The first-order chi connectivity index (χ1) is 12.5. The lowest BCUT2D eigenvalue weighted by Gasteiger charge is -2.12. The van der Waals surface area contributed by atoms with Crippen molar-refractivity contribution < 1.29 is 8.42 Å². The summed E-state index contributed by atoms with van der Waals surface area (Å²) in [5.41, 5.74) is 3.60. The van der Waals surface area contributed by atoms with E-state index in [0.29, 0.717) is 10.6 Å². The summed E-state index contributed by atoms with van der Waals surface area (Å²) in [6, 6.07) is 20.8. The Balaban J connectivity index is 1.92. The van der Waals surface area contributed by atoms with Crippen LogP contribution in [0, 0.1) is 13.8 Å². The molecule has 0 saturated heterocycles. The minimum atomic E-state index is -3.46. The van der Waals surface area contributed by atoms with E-state index in [1.165, 1.54) is 0 Å². The third-order valence-electron chi connectivity index (χ3n) is 4.72. The van der Waals surface area contributed by atoms with E-state index in [1.54, 1.807) is 12.1 Å². The van der Waals surface area contributed by atoms with Crippen LogP contribution in [0.4, 0.5) is 0 Å². The number of hydrogen-bond acceptors (Lipinski definition) is 3. The summed E-state index contributed by atoms with van der Waals surface area (Å²) < 4.78 is 25.8. The highest BCUT2D eigenvalue weighted by Crippen LogP contribution is 2.30. The van der Waals surface area contributed by atoms with Crippen LogP contribution in [0.25, 0.3) is 21.7 Å². The van der Waals surface area contributed by atoms with Gasteiger partial charge in [-0.05, 0) is 43.0 Å². The third kappa shape index (κ3) is 2.86. The fraction of sp³-hybridized carbons (Fsp3) is 0.136. The van der Waals surface area contributed by atoms with Gasteiger partial charge >= 0.3 is 0 Å². The number of benzene rings is 3. The monoisotopic (exact) mass is 361 g/mol. The Hall–Kier alpha value is -2.72. The molecule has 3 nitrogen and oxygen atoms in total. The normalized spacial score (nSPS) is 11.9. The molecule has 0 amide bonds. The number of hydrogen-bond donors (Lipinski definition) is 0. The summed E-state index contributed by atoms with van der Waals surface area (Å²) in [5.74, 6) is -0.111. The van der Waals surface area contributed by atoms with Gasteiger partial charge in [0.1, 0.15) is 0 Å². The number of fused-ring (bicyclic) bond motifs is 3. The fourth-order valence-electron chi connectivity index (χ4n) is 3.37. The highest BCUT2D eigenvalue weighted by molar-refractivity contribution is 7.90. The van der Waals surface area contributed by atoms with Crippen LogP contribution in [-0.2, 0) is 15.6 Å². The Bertz CT molecular complexity index is 1230. The zero-order valence-electron chi connectivity index (χ0n) is 14.7. The number of rotatable bonds is 3. The van der Waals surface area contributed by atoms with Gasteiger partial charge in [-0.2, -0.15) is 0 Å². The van der Waals surface area contributed by atoms with Crippen molar-refractivity contribution in [2.45, 2.75) is 24.5 Å². The maximum atomic E-state index is 12.9. The number of sulfone groups is 1. The van der Waals surface area contributed by atoms with Crippen LogP contribution in [-0.4, -0.2) is 13.4 Å². The van der Waals surface area contributed by atoms with Gasteiger partial charge in [0.2, 0.25) is 0 Å². The van der Waals surface area contributed by atoms with Gasteiger partial charge in [0.25, 0.3) is 0 Å². The second kappa shape index (κ2) is 6.22. The van der Waals surface area contributed by atoms with Crippen molar-refractivity contribution in [3.8, 4) is 0 Å². The Kier molecular flexibility index (Phi) is 4.00. The van der Waals surface area contributed by atoms with E-state index in [-0.39, 0.29) is 5.75 Å². The van der Waals surface area contributed by atoms with E-state index in [0.717, 1.165) is 32.8 Å². The molecule has 130 valence electrons. The molecule has 0 bridgehead atoms. The Morgan fingerprint density at radius 2 is 1.50 bits per heavy atom. The van der Waals surface area contributed by atoms with E-state index >= 15 is 0 Å². The van der Waals surface area contributed by atoms with Gasteiger partial charge < -0.3 is 0 Å². The van der Waals surface area contributed by atoms with Crippen LogP contribution >= 0.6 is 0 Å². The van der Waals surface area contributed by atoms with Crippen LogP contribution in [0.5, 0.6) is 0 Å². The zero-order valence-corrected chi connectivity index (χ0v) is 15.5. The molecule has 1 heterocycles. The molecule has 0 spiro atoms. The molecule has 0 unspecified atom stereocenters. The third-order valence-corrected chi connectivity index (χ3v) is 6.36. The summed E-state index contributed by atoms with van der Waals surface area (Å²) in [5, 5.41) is 3.02. The summed E-state index contributed by atoms with van der Waals surface area (Å²) in [6.07, 6.45) is 0. The average molecular weight is 361 g/mol. The van der Waals surface area contributed by atoms with E-state index in [2.05, 4.69) is 13.0 Å². The topological polar surface area (TPSA) is 47.0 Å². The molecule has 0 aliphatic heterocycles. The molecule has 0 fully saturated rings. The van der Waals surface area contributed by atoms with Crippen LogP contribution in [0.1, 0.15) is 16.8 Å². The van der Waals surface area contributed by atoms with Gasteiger partial charge in [-0.1, -0.05) is 54.1 Å². The molecular weight excluding hydrogens is 342 g/mol. The van der Waals surface area contributed by atoms with Crippen LogP contribution < -0.4 is 0 Å². The standard InChI is InChI=1S/C22H19NO2S/c1-15-10-12-17(13-11-15)26(24,25)14-21-18-7-3-4-8-19(18)22-16(2)6-5-9-20(22)23-21/h3-13H,14H2,1-2H3. The van der Waals surface area contributed by atoms with Gasteiger partial charge in [0, 0.05) is 10.8 Å². The fourth-order valence-corrected chi connectivity index (χ4v) is 4.67. The first-order valence-corrected chi connectivity index (χ1v) is 10.2. The SMILES string of the molecule is Cc1ccc(S(=O)(=O)Cc2nc3cccc(C)c3c3ccccc23)cc1. The molecule has 0 atom stereocenters. The zero-order chi connectivity index (χ0) is 18.3. The number of pyridine rings is 1. The predicted octanol–water partition coefficient (Wildman–Crippen LogP) is 4.98. The molecular formula is C22H19NO2S. The molecule has 0 aliphatic carbocycles. The quantitative estimate of drug-likeness (QED) is 0.484. The Morgan fingerprint density at radius 3 is 2.23 bits per heavy atom. The van der Waals surface area contributed by atoms with Gasteiger partial charge in [0.15, 0.2) is 9.84 Å². The highest BCUT2D eigenvalue weighted by Gasteiger charge is 2.19. The molecule has 0 radical (unpaired) electrons. The Labute approximate surface area is 153 Å². The van der Waals surface area contributed by atoms with Crippen molar-refractivity contribution in [2.75, 3.05) is 0 Å². The predicted molar refractivity (Wildman–Crippen MR) is 106 cm³/mol. The smallest absolute Gasteiger partial charge is 0.184 e. The number of aryl methyl sites for hydroxylation is 2. The second-order valence-electron chi connectivity index (χ2n) is 6.65. The van der Waals surface area contributed by atoms with E-state index in [4.69, 9.17) is 4.98 Å². The molecule has 4 aromatic rings. The van der Waals surface area contributed by atoms with E-state index < -0.39 is 9.84 Å². The van der Waals surface area contributed by atoms with Crippen molar-refractivity contribution in [1.82, 2.24) is 4.98 Å². The van der Waals surface area contributed by atoms with Crippen LogP contribution in [0.2, 0.25) is 0 Å². The van der Waals surface area contributed by atoms with E-state index in [9.17, 15) is 8.42 Å². The molecule has 0 aliphatic rings. The lowest BCUT2D eigenvalue weighted by Crippen LogP contribution is -2.07. The van der Waals surface area contributed by atoms with Crippen molar-refractivity contribution in [1.29, 1.82) is 0 Å².